The van der Waals surface area contributed by atoms with Gasteiger partial charge in [0.25, 0.3) is 0 Å². The van der Waals surface area contributed by atoms with Crippen molar-refractivity contribution in [2.75, 3.05) is 5.75 Å². The molecule has 0 aromatic heterocycles. The molecule has 194 valence electrons. The first kappa shape index (κ1) is 25.7. The summed E-state index contributed by atoms with van der Waals surface area (Å²) in [6.07, 6.45) is 17.5. The Hall–Kier alpha value is 0.0500. The molecule has 3 saturated carbocycles. The average Bonchev–Trinajstić information content (AvgIpc) is 3.51. The van der Waals surface area contributed by atoms with E-state index in [1.54, 1.807) is 0 Å². The molecular weight excluding hydrogens is 432 g/mol. The Morgan fingerprint density at radius 1 is 1.00 bits per heavy atom. The van der Waals surface area contributed by atoms with Gasteiger partial charge in [0.2, 0.25) is 0 Å². The first-order valence-electron chi connectivity index (χ1n) is 15.0. The van der Waals surface area contributed by atoms with Crippen LogP contribution in [0.2, 0.25) is 0 Å². The molecule has 0 radical (unpaired) electrons. The molecule has 1 aliphatic heterocycles. The zero-order valence-electron chi connectivity index (χ0n) is 23.5. The van der Waals surface area contributed by atoms with Crippen molar-refractivity contribution in [1.29, 1.82) is 0 Å². The maximum atomic E-state index is 10.9. The molecule has 1 heterocycles. The van der Waals surface area contributed by atoms with Crippen LogP contribution in [0.1, 0.15) is 119 Å². The maximum Gasteiger partial charge on any atom is 0.0594 e. The van der Waals surface area contributed by atoms with Crippen molar-refractivity contribution in [3.05, 3.63) is 11.6 Å². The minimum absolute atomic E-state index is 0.0401. The molecule has 0 bridgehead atoms. The van der Waals surface area contributed by atoms with Crippen LogP contribution in [-0.2, 0) is 0 Å². The highest BCUT2D eigenvalue weighted by atomic mass is 32.2. The topological polar surface area (TPSA) is 20.2 Å². The molecular formula is C32H54OS. The van der Waals surface area contributed by atoms with E-state index in [2.05, 4.69) is 66.3 Å². The van der Waals surface area contributed by atoms with Gasteiger partial charge in [0.05, 0.1) is 6.10 Å². The van der Waals surface area contributed by atoms with E-state index in [9.17, 15) is 5.11 Å². The standard InChI is InChI=1S/C32H54OS/c1-21(2)9-8-10-22(3)24-14-18-32(19-23-20-34-23)26-11-12-27-29(4,5)28(33)15-16-30(27,6)25(26)13-17-31(24,32)7/h11,21-25,27-28,33H,8-10,12-20H2,1-7H3/t22-,23+,24-,25+,27+,28+,30-,31-,32-/m1/s1. The van der Waals surface area contributed by atoms with E-state index >= 15 is 0 Å². The molecule has 4 aliphatic carbocycles. The molecule has 2 heteroatoms. The van der Waals surface area contributed by atoms with Gasteiger partial charge in [-0.25, -0.2) is 0 Å². The van der Waals surface area contributed by atoms with Gasteiger partial charge < -0.3 is 5.11 Å². The zero-order chi connectivity index (χ0) is 24.5. The molecule has 0 unspecified atom stereocenters. The van der Waals surface area contributed by atoms with Gasteiger partial charge in [-0.3, -0.25) is 0 Å². The fourth-order valence-corrected chi connectivity index (χ4v) is 11.2. The van der Waals surface area contributed by atoms with Crippen molar-refractivity contribution in [2.45, 2.75) is 130 Å². The third-order valence-electron chi connectivity index (χ3n) is 12.7. The minimum Gasteiger partial charge on any atom is -0.393 e. The lowest BCUT2D eigenvalue weighted by Gasteiger charge is -2.65. The highest BCUT2D eigenvalue weighted by Crippen LogP contribution is 2.75. The average molecular weight is 487 g/mol. The smallest absolute Gasteiger partial charge is 0.0594 e. The Bertz CT molecular complexity index is 795. The zero-order valence-corrected chi connectivity index (χ0v) is 24.3. The van der Waals surface area contributed by atoms with E-state index in [-0.39, 0.29) is 11.5 Å². The van der Waals surface area contributed by atoms with Gasteiger partial charge in [0.15, 0.2) is 0 Å². The summed E-state index contributed by atoms with van der Waals surface area (Å²) in [4.78, 5) is 0. The molecule has 0 aromatic carbocycles. The van der Waals surface area contributed by atoms with Crippen molar-refractivity contribution in [2.24, 2.45) is 51.2 Å². The summed E-state index contributed by atoms with van der Waals surface area (Å²) in [5.41, 5.74) is 3.28. The van der Waals surface area contributed by atoms with E-state index in [1.807, 2.05) is 5.57 Å². The van der Waals surface area contributed by atoms with Crippen LogP contribution in [0, 0.1) is 51.2 Å². The highest BCUT2D eigenvalue weighted by Gasteiger charge is 2.67. The van der Waals surface area contributed by atoms with Crippen LogP contribution in [0.5, 0.6) is 0 Å². The molecule has 34 heavy (non-hydrogen) atoms. The fourth-order valence-electron chi connectivity index (χ4n) is 10.5. The summed E-state index contributed by atoms with van der Waals surface area (Å²) in [6, 6.07) is 0. The number of fused-ring (bicyclic) bond motifs is 5. The van der Waals surface area contributed by atoms with Crippen LogP contribution in [-0.4, -0.2) is 22.2 Å². The Morgan fingerprint density at radius 2 is 1.74 bits per heavy atom. The second-order valence-electron chi connectivity index (χ2n) is 15.0. The summed E-state index contributed by atoms with van der Waals surface area (Å²) < 4.78 is 0. The van der Waals surface area contributed by atoms with Crippen LogP contribution in [0.4, 0.5) is 0 Å². The molecule has 5 aliphatic rings. The molecule has 4 fully saturated rings. The maximum absolute atomic E-state index is 10.9. The van der Waals surface area contributed by atoms with Crippen molar-refractivity contribution in [3.63, 3.8) is 0 Å². The number of aliphatic hydroxyl groups is 1. The number of thioether (sulfide) groups is 1. The first-order valence-corrected chi connectivity index (χ1v) is 16.0. The van der Waals surface area contributed by atoms with Crippen LogP contribution in [0.25, 0.3) is 0 Å². The van der Waals surface area contributed by atoms with Gasteiger partial charge in [-0.05, 0) is 103 Å². The largest absolute Gasteiger partial charge is 0.393 e. The molecule has 5 rings (SSSR count). The van der Waals surface area contributed by atoms with Crippen molar-refractivity contribution >= 4 is 11.8 Å². The van der Waals surface area contributed by atoms with Gasteiger partial charge in [0.1, 0.15) is 0 Å². The summed E-state index contributed by atoms with van der Waals surface area (Å²) >= 11 is 2.23. The van der Waals surface area contributed by atoms with E-state index < -0.39 is 0 Å². The predicted octanol–water partition coefficient (Wildman–Crippen LogP) is 8.90. The second kappa shape index (κ2) is 8.82. The predicted molar refractivity (Wildman–Crippen MR) is 148 cm³/mol. The van der Waals surface area contributed by atoms with Crippen molar-refractivity contribution < 1.29 is 5.11 Å². The van der Waals surface area contributed by atoms with Gasteiger partial charge in [-0.2, -0.15) is 11.8 Å². The number of rotatable bonds is 7. The normalized spacial score (nSPS) is 48.0. The minimum atomic E-state index is -0.131. The van der Waals surface area contributed by atoms with Crippen LogP contribution in [0.15, 0.2) is 11.6 Å². The van der Waals surface area contributed by atoms with Gasteiger partial charge in [-0.15, -0.1) is 0 Å². The molecule has 1 saturated heterocycles. The van der Waals surface area contributed by atoms with Crippen LogP contribution in [0.3, 0.4) is 0 Å². The number of hydrogen-bond donors (Lipinski definition) is 1. The van der Waals surface area contributed by atoms with Gasteiger partial charge in [-0.1, -0.05) is 79.4 Å². The Balaban J connectivity index is 1.48. The summed E-state index contributed by atoms with van der Waals surface area (Å²) in [6.45, 7) is 17.5. The lowest BCUT2D eigenvalue weighted by molar-refractivity contribution is -0.133. The number of hydrogen-bond acceptors (Lipinski definition) is 2. The fraction of sp³-hybridized carbons (Fsp3) is 0.938. The molecule has 1 N–H and O–H groups in total. The highest BCUT2D eigenvalue weighted by molar-refractivity contribution is 8.06. The lowest BCUT2D eigenvalue weighted by atomic mass is 9.40. The Labute approximate surface area is 215 Å². The summed E-state index contributed by atoms with van der Waals surface area (Å²) in [5, 5.41) is 11.9. The van der Waals surface area contributed by atoms with Crippen molar-refractivity contribution in [3.8, 4) is 0 Å². The quantitative estimate of drug-likeness (QED) is 0.286. The molecule has 1 nitrogen and oxygen atoms in total. The summed E-state index contributed by atoms with van der Waals surface area (Å²) in [7, 11) is 0. The third kappa shape index (κ3) is 3.81. The first-order chi connectivity index (χ1) is 16.0. The van der Waals surface area contributed by atoms with E-state index in [4.69, 9.17) is 0 Å². The van der Waals surface area contributed by atoms with E-state index in [1.165, 1.54) is 70.0 Å². The van der Waals surface area contributed by atoms with Crippen LogP contribution < -0.4 is 0 Å². The lowest BCUT2D eigenvalue weighted by Crippen LogP contribution is -2.58. The molecule has 0 aromatic rings. The number of aliphatic hydroxyl groups excluding tert-OH is 1. The Kier molecular flexibility index (Phi) is 6.66. The van der Waals surface area contributed by atoms with Gasteiger partial charge in [0, 0.05) is 11.0 Å². The SMILES string of the molecule is CC(C)CCC[C@@H](C)[C@H]1CC[C@@]2(C[C@H]3CS3)C3=CC[C@H]4C(C)(C)[C@@H](O)CC[C@]4(C)[C@H]3CC[C@]12C. The van der Waals surface area contributed by atoms with Crippen LogP contribution >= 0.6 is 11.8 Å². The third-order valence-corrected chi connectivity index (χ3v) is 13.6. The molecule has 9 atom stereocenters. The van der Waals surface area contributed by atoms with E-state index in [0.29, 0.717) is 22.2 Å². The second-order valence-corrected chi connectivity index (χ2v) is 16.4. The number of allylic oxidation sites excluding steroid dienone is 2. The Morgan fingerprint density at radius 3 is 2.41 bits per heavy atom. The molecule has 0 amide bonds. The summed E-state index contributed by atoms with van der Waals surface area (Å²) in [5.74, 6) is 5.40. The monoisotopic (exact) mass is 486 g/mol. The van der Waals surface area contributed by atoms with Gasteiger partial charge >= 0.3 is 0 Å². The van der Waals surface area contributed by atoms with Crippen molar-refractivity contribution in [1.82, 2.24) is 0 Å². The van der Waals surface area contributed by atoms with E-state index in [0.717, 1.165) is 35.3 Å². The molecule has 0 spiro atoms.